The summed E-state index contributed by atoms with van der Waals surface area (Å²) < 4.78 is 6.11. The molecule has 0 unspecified atom stereocenters. The molecule has 144 valence electrons. The minimum absolute atomic E-state index is 0.0687. The number of ether oxygens (including phenoxy) is 1. The molecule has 0 aliphatic rings. The first-order chi connectivity index (χ1) is 12.6. The maximum Gasteiger partial charge on any atom is 0.350 e. The lowest BCUT2D eigenvalue weighted by Gasteiger charge is -2.09. The van der Waals surface area contributed by atoms with Crippen molar-refractivity contribution in [2.75, 3.05) is 5.32 Å². The highest BCUT2D eigenvalue weighted by atomic mass is 32.1. The maximum absolute atomic E-state index is 12.2. The summed E-state index contributed by atoms with van der Waals surface area (Å²) in [6, 6.07) is 2.13. The van der Waals surface area contributed by atoms with Crippen molar-refractivity contribution < 1.29 is 19.2 Å². The third-order valence-corrected chi connectivity index (χ3v) is 4.55. The van der Waals surface area contributed by atoms with Gasteiger partial charge in [0.2, 0.25) is 5.91 Å². The molecule has 0 aliphatic heterocycles. The number of nitrogens with one attached hydrogen (secondary N) is 1. The first kappa shape index (κ1) is 20.2. The van der Waals surface area contributed by atoms with Gasteiger partial charge in [-0.3, -0.25) is 24.3 Å². The highest BCUT2D eigenvalue weighted by molar-refractivity contribution is 7.17. The van der Waals surface area contributed by atoms with Crippen LogP contribution in [0.3, 0.4) is 0 Å². The highest BCUT2D eigenvalue weighted by Crippen LogP contribution is 2.24. The SMILES string of the molecule is Cc1nc(NC(=O)Cn2c(C)c([N+](=O)[O-])ccc2=O)sc1C(=O)OC(C)C. The number of thiazole rings is 1. The number of carbonyl (C=O) groups excluding carboxylic acids is 2. The molecule has 0 spiro atoms. The van der Waals surface area contributed by atoms with Crippen molar-refractivity contribution in [1.82, 2.24) is 9.55 Å². The molecule has 0 saturated heterocycles. The van der Waals surface area contributed by atoms with Crippen molar-refractivity contribution in [3.8, 4) is 0 Å². The molecule has 0 radical (unpaired) electrons. The summed E-state index contributed by atoms with van der Waals surface area (Å²) in [5.74, 6) is -1.13. The Morgan fingerprint density at radius 2 is 2.04 bits per heavy atom. The van der Waals surface area contributed by atoms with Gasteiger partial charge in [-0.2, -0.15) is 0 Å². The smallest absolute Gasteiger partial charge is 0.350 e. The van der Waals surface area contributed by atoms with Crippen LogP contribution in [0.25, 0.3) is 0 Å². The summed E-state index contributed by atoms with van der Waals surface area (Å²) in [5, 5.41) is 13.6. The van der Waals surface area contributed by atoms with Crippen molar-refractivity contribution in [3.63, 3.8) is 0 Å². The van der Waals surface area contributed by atoms with Gasteiger partial charge >= 0.3 is 5.97 Å². The number of pyridine rings is 1. The monoisotopic (exact) mass is 394 g/mol. The third kappa shape index (κ3) is 4.76. The number of rotatable bonds is 6. The van der Waals surface area contributed by atoms with E-state index >= 15 is 0 Å². The number of aryl methyl sites for hydroxylation is 1. The van der Waals surface area contributed by atoms with Crippen LogP contribution in [-0.4, -0.2) is 32.5 Å². The lowest BCUT2D eigenvalue weighted by molar-refractivity contribution is -0.386. The van der Waals surface area contributed by atoms with Crippen molar-refractivity contribution in [2.24, 2.45) is 0 Å². The van der Waals surface area contributed by atoms with E-state index in [2.05, 4.69) is 10.3 Å². The molecule has 1 amide bonds. The molecule has 0 bridgehead atoms. The second-order valence-electron chi connectivity index (χ2n) is 5.92. The van der Waals surface area contributed by atoms with Crippen LogP contribution in [0.4, 0.5) is 10.8 Å². The van der Waals surface area contributed by atoms with Gasteiger partial charge in [0, 0.05) is 12.1 Å². The molecular weight excluding hydrogens is 376 g/mol. The molecule has 2 aromatic rings. The zero-order chi connectivity index (χ0) is 20.3. The molecule has 0 atom stereocenters. The van der Waals surface area contributed by atoms with Crippen molar-refractivity contribution >= 4 is 34.0 Å². The molecule has 0 aromatic carbocycles. The maximum atomic E-state index is 12.2. The van der Waals surface area contributed by atoms with Crippen LogP contribution in [-0.2, 0) is 16.1 Å². The van der Waals surface area contributed by atoms with E-state index in [0.29, 0.717) is 5.69 Å². The number of anilines is 1. The topological polar surface area (TPSA) is 133 Å². The van der Waals surface area contributed by atoms with Gasteiger partial charge in [0.15, 0.2) is 5.13 Å². The lowest BCUT2D eigenvalue weighted by Crippen LogP contribution is -2.29. The average molecular weight is 394 g/mol. The van der Waals surface area contributed by atoms with Gasteiger partial charge in [-0.1, -0.05) is 11.3 Å². The summed E-state index contributed by atoms with van der Waals surface area (Å²) in [5.41, 5.74) is -0.320. The predicted octanol–water partition coefficient (Wildman–Crippen LogP) is 2.03. The van der Waals surface area contributed by atoms with Crippen molar-refractivity contribution in [3.05, 3.63) is 48.9 Å². The van der Waals surface area contributed by atoms with Gasteiger partial charge in [0.1, 0.15) is 11.4 Å². The molecule has 0 aliphatic carbocycles. The number of hydrogen-bond donors (Lipinski definition) is 1. The molecule has 2 rings (SSSR count). The first-order valence-electron chi connectivity index (χ1n) is 7.93. The molecule has 11 heteroatoms. The van der Waals surface area contributed by atoms with E-state index in [1.54, 1.807) is 20.8 Å². The molecule has 27 heavy (non-hydrogen) atoms. The Labute approximate surface area is 157 Å². The van der Waals surface area contributed by atoms with Crippen LogP contribution < -0.4 is 10.9 Å². The summed E-state index contributed by atoms with van der Waals surface area (Å²) >= 11 is 0.952. The van der Waals surface area contributed by atoms with Gasteiger partial charge in [-0.15, -0.1) is 0 Å². The first-order valence-corrected chi connectivity index (χ1v) is 8.75. The fourth-order valence-electron chi connectivity index (χ4n) is 2.26. The van der Waals surface area contributed by atoms with Crippen LogP contribution in [0.1, 0.15) is 34.9 Å². The van der Waals surface area contributed by atoms with Crippen molar-refractivity contribution in [1.29, 1.82) is 0 Å². The van der Waals surface area contributed by atoms with Crippen LogP contribution in [0.15, 0.2) is 16.9 Å². The van der Waals surface area contributed by atoms with E-state index < -0.39 is 28.9 Å². The van der Waals surface area contributed by atoms with E-state index in [4.69, 9.17) is 4.74 Å². The van der Waals surface area contributed by atoms with E-state index in [1.807, 2.05) is 0 Å². The number of nitrogens with zero attached hydrogens (tertiary/aromatic N) is 3. The second kappa shape index (κ2) is 8.08. The Balaban J connectivity index is 2.18. The Kier molecular flexibility index (Phi) is 6.05. The zero-order valence-corrected chi connectivity index (χ0v) is 16.0. The normalized spacial score (nSPS) is 10.7. The molecule has 0 saturated carbocycles. The van der Waals surface area contributed by atoms with Crippen molar-refractivity contribution in [2.45, 2.75) is 40.3 Å². The van der Waals surface area contributed by atoms with E-state index in [-0.39, 0.29) is 27.5 Å². The summed E-state index contributed by atoms with van der Waals surface area (Å²) in [4.78, 5) is 50.9. The number of carbonyl (C=O) groups is 2. The number of amides is 1. The Morgan fingerprint density at radius 3 is 2.63 bits per heavy atom. The highest BCUT2D eigenvalue weighted by Gasteiger charge is 2.20. The molecule has 0 fully saturated rings. The Bertz CT molecular complexity index is 962. The standard InChI is InChI=1S/C16H18N4O6S/c1-8(2)26-15(23)14-9(3)17-16(27-14)18-12(21)7-19-10(4)11(20(24)25)5-6-13(19)22/h5-6,8H,7H2,1-4H3,(H,17,18,21). The second-order valence-corrected chi connectivity index (χ2v) is 6.92. The molecule has 1 N–H and O–H groups in total. The van der Waals surface area contributed by atoms with Crippen LogP contribution in [0.5, 0.6) is 0 Å². The number of nitro groups is 1. The fraction of sp³-hybridized carbons (Fsp3) is 0.375. The largest absolute Gasteiger partial charge is 0.459 e. The number of aromatic nitrogens is 2. The lowest BCUT2D eigenvalue weighted by atomic mass is 10.3. The minimum Gasteiger partial charge on any atom is -0.459 e. The van der Waals surface area contributed by atoms with E-state index in [0.717, 1.165) is 28.0 Å². The van der Waals surface area contributed by atoms with Gasteiger partial charge in [-0.25, -0.2) is 9.78 Å². The predicted molar refractivity (Wildman–Crippen MR) is 98.1 cm³/mol. The fourth-order valence-corrected chi connectivity index (χ4v) is 3.13. The Hall–Kier alpha value is -3.08. The number of hydrogen-bond acceptors (Lipinski definition) is 8. The summed E-state index contributed by atoms with van der Waals surface area (Å²) in [7, 11) is 0. The van der Waals surface area contributed by atoms with Crippen LogP contribution >= 0.6 is 11.3 Å². The molecular formula is C16H18N4O6S. The quantitative estimate of drug-likeness (QED) is 0.450. The minimum atomic E-state index is -0.625. The third-order valence-electron chi connectivity index (χ3n) is 3.49. The molecule has 10 nitrogen and oxygen atoms in total. The summed E-state index contributed by atoms with van der Waals surface area (Å²) in [6.45, 7) is 6.02. The van der Waals surface area contributed by atoms with E-state index in [1.165, 1.54) is 6.92 Å². The Morgan fingerprint density at radius 1 is 1.37 bits per heavy atom. The number of esters is 1. The average Bonchev–Trinajstić information content (AvgIpc) is 2.90. The van der Waals surface area contributed by atoms with Crippen LogP contribution in [0.2, 0.25) is 0 Å². The molecule has 2 aromatic heterocycles. The van der Waals surface area contributed by atoms with Gasteiger partial charge in [0.25, 0.3) is 11.2 Å². The zero-order valence-electron chi connectivity index (χ0n) is 15.1. The van der Waals surface area contributed by atoms with Gasteiger partial charge in [-0.05, 0) is 27.7 Å². The van der Waals surface area contributed by atoms with E-state index in [9.17, 15) is 24.5 Å². The van der Waals surface area contributed by atoms with Crippen LogP contribution in [0, 0.1) is 24.0 Å². The molecule has 2 heterocycles. The van der Waals surface area contributed by atoms with Gasteiger partial charge < -0.3 is 10.1 Å². The summed E-state index contributed by atoms with van der Waals surface area (Å²) in [6.07, 6.45) is -0.291. The van der Waals surface area contributed by atoms with Gasteiger partial charge in [0.05, 0.1) is 22.4 Å².